The minimum Gasteiger partial charge on any atom is -0.482 e. The summed E-state index contributed by atoms with van der Waals surface area (Å²) in [5.74, 6) is -5.66. The van der Waals surface area contributed by atoms with Crippen LogP contribution in [0, 0.1) is 17.5 Å². The minimum absolute atomic E-state index is 0.110. The number of amides is 2. The lowest BCUT2D eigenvalue weighted by Crippen LogP contribution is -2.40. The third-order valence-electron chi connectivity index (χ3n) is 5.79. The van der Waals surface area contributed by atoms with Crippen LogP contribution in [-0.2, 0) is 13.2 Å². The fourth-order valence-electron chi connectivity index (χ4n) is 3.54. The first-order valence-corrected chi connectivity index (χ1v) is 12.3. The second-order valence-corrected chi connectivity index (χ2v) is 8.88. The van der Waals surface area contributed by atoms with Crippen molar-refractivity contribution in [2.24, 2.45) is 0 Å². The molecule has 0 spiro atoms. The maximum Gasteiger partial charge on any atom is 0.274 e. The zero-order valence-electron chi connectivity index (χ0n) is 22.0. The molecule has 210 valence electrons. The van der Waals surface area contributed by atoms with Gasteiger partial charge in [0.05, 0.1) is 6.04 Å². The molecule has 0 aliphatic rings. The van der Waals surface area contributed by atoms with E-state index < -0.39 is 70.2 Å². The highest BCUT2D eigenvalue weighted by molar-refractivity contribution is 5.99. The molecule has 1 aromatic heterocycles. The standard InChI is InChI=1S/C29H29F3N4O4/c1-5-17(3)34-29(39)25-27(40-16-19-10-8-7-9-11-19)26(37)22(15-36(25)35-18(4)6-2)28(38)33-14-21-23(31)12-20(30)13-24(21)32/h5-13,15,17-18,35H,1-2,14,16H2,3-4H3,(H,33,38)(H,34,39)/t17-,18?/m0/s1. The minimum atomic E-state index is -1.20. The van der Waals surface area contributed by atoms with Gasteiger partial charge in [-0.1, -0.05) is 42.5 Å². The Morgan fingerprint density at radius 3 is 2.23 bits per heavy atom. The van der Waals surface area contributed by atoms with Gasteiger partial charge in [-0.15, -0.1) is 13.2 Å². The summed E-state index contributed by atoms with van der Waals surface area (Å²) in [4.78, 5) is 40.0. The number of benzene rings is 2. The first-order valence-electron chi connectivity index (χ1n) is 12.3. The lowest BCUT2D eigenvalue weighted by atomic mass is 10.1. The van der Waals surface area contributed by atoms with Gasteiger partial charge >= 0.3 is 0 Å². The van der Waals surface area contributed by atoms with Gasteiger partial charge in [-0.2, -0.15) is 0 Å². The van der Waals surface area contributed by atoms with Crippen LogP contribution in [0.3, 0.4) is 0 Å². The number of hydrogen-bond donors (Lipinski definition) is 3. The number of halogens is 3. The fraction of sp³-hybridized carbons (Fsp3) is 0.207. The predicted octanol–water partition coefficient (Wildman–Crippen LogP) is 4.20. The van der Waals surface area contributed by atoms with E-state index in [1.807, 2.05) is 0 Å². The van der Waals surface area contributed by atoms with Crippen LogP contribution in [0.4, 0.5) is 13.2 Å². The van der Waals surface area contributed by atoms with Gasteiger partial charge in [0, 0.05) is 36.5 Å². The van der Waals surface area contributed by atoms with Crippen LogP contribution in [0.5, 0.6) is 5.75 Å². The zero-order valence-corrected chi connectivity index (χ0v) is 22.0. The largest absolute Gasteiger partial charge is 0.482 e. The molecule has 1 unspecified atom stereocenters. The number of hydrogen-bond acceptors (Lipinski definition) is 5. The van der Waals surface area contributed by atoms with Gasteiger partial charge in [0.1, 0.15) is 29.6 Å². The molecule has 0 fully saturated rings. The summed E-state index contributed by atoms with van der Waals surface area (Å²) in [7, 11) is 0. The lowest BCUT2D eigenvalue weighted by Gasteiger charge is -2.23. The van der Waals surface area contributed by atoms with Crippen LogP contribution in [0.1, 0.15) is 45.8 Å². The Bertz CT molecular complexity index is 1450. The third kappa shape index (κ3) is 7.19. The van der Waals surface area contributed by atoms with Crippen molar-refractivity contribution in [1.29, 1.82) is 0 Å². The smallest absolute Gasteiger partial charge is 0.274 e. The molecule has 2 amide bonds. The first kappa shape index (κ1) is 29.8. The molecule has 40 heavy (non-hydrogen) atoms. The number of carbonyl (C=O) groups excluding carboxylic acids is 2. The second kappa shape index (κ2) is 13.3. The van der Waals surface area contributed by atoms with E-state index in [1.165, 1.54) is 12.2 Å². The van der Waals surface area contributed by atoms with Gasteiger partial charge < -0.3 is 20.8 Å². The average Bonchev–Trinajstić information content (AvgIpc) is 2.92. The van der Waals surface area contributed by atoms with Crippen LogP contribution in [0.15, 0.2) is 78.8 Å². The lowest BCUT2D eigenvalue weighted by molar-refractivity contribution is 0.0921. The molecular formula is C29H29F3N4O4. The van der Waals surface area contributed by atoms with Crippen molar-refractivity contribution in [1.82, 2.24) is 15.3 Å². The van der Waals surface area contributed by atoms with Crippen LogP contribution in [0.2, 0.25) is 0 Å². The molecule has 0 saturated carbocycles. The zero-order chi connectivity index (χ0) is 29.4. The topological polar surface area (TPSA) is 101 Å². The third-order valence-corrected chi connectivity index (χ3v) is 5.79. The summed E-state index contributed by atoms with van der Waals surface area (Å²) >= 11 is 0. The van der Waals surface area contributed by atoms with Gasteiger partial charge in [-0.3, -0.25) is 19.1 Å². The van der Waals surface area contributed by atoms with E-state index in [1.54, 1.807) is 44.2 Å². The van der Waals surface area contributed by atoms with E-state index in [0.29, 0.717) is 17.7 Å². The highest BCUT2D eigenvalue weighted by Crippen LogP contribution is 2.19. The van der Waals surface area contributed by atoms with Gasteiger partial charge in [0.15, 0.2) is 11.4 Å². The quantitative estimate of drug-likeness (QED) is 0.292. The van der Waals surface area contributed by atoms with E-state index in [2.05, 4.69) is 29.2 Å². The van der Waals surface area contributed by atoms with E-state index >= 15 is 0 Å². The van der Waals surface area contributed by atoms with Crippen LogP contribution >= 0.6 is 0 Å². The normalized spacial score (nSPS) is 12.1. The first-order chi connectivity index (χ1) is 19.0. The molecule has 11 heteroatoms. The Kier molecular flexibility index (Phi) is 9.91. The summed E-state index contributed by atoms with van der Waals surface area (Å²) in [6.45, 7) is 9.93. The van der Waals surface area contributed by atoms with Crippen molar-refractivity contribution in [3.63, 3.8) is 0 Å². The molecular weight excluding hydrogens is 525 g/mol. The Hall–Kier alpha value is -4.80. The van der Waals surface area contributed by atoms with Gasteiger partial charge in [-0.25, -0.2) is 13.2 Å². The van der Waals surface area contributed by atoms with E-state index in [4.69, 9.17) is 4.74 Å². The number of rotatable bonds is 12. The molecule has 3 rings (SSSR count). The molecule has 3 aromatic rings. The number of pyridine rings is 1. The van der Waals surface area contributed by atoms with Crippen molar-refractivity contribution in [2.75, 3.05) is 5.43 Å². The molecule has 0 bridgehead atoms. The molecule has 0 aliphatic heterocycles. The molecule has 8 nitrogen and oxygen atoms in total. The summed E-state index contributed by atoms with van der Waals surface area (Å²) in [6, 6.07) is 8.87. The Labute approximate surface area is 229 Å². The highest BCUT2D eigenvalue weighted by Gasteiger charge is 2.27. The van der Waals surface area contributed by atoms with Crippen LogP contribution in [0.25, 0.3) is 0 Å². The summed E-state index contributed by atoms with van der Waals surface area (Å²) in [5.41, 5.74) is 1.39. The summed E-state index contributed by atoms with van der Waals surface area (Å²) in [5, 5.41) is 4.95. The number of carbonyl (C=O) groups is 2. The maximum absolute atomic E-state index is 14.1. The van der Waals surface area contributed by atoms with E-state index in [9.17, 15) is 27.6 Å². The predicted molar refractivity (Wildman–Crippen MR) is 145 cm³/mol. The summed E-state index contributed by atoms with van der Waals surface area (Å²) < 4.78 is 48.5. The Balaban J connectivity index is 2.10. The van der Waals surface area contributed by atoms with Crippen molar-refractivity contribution < 1.29 is 27.5 Å². The number of aromatic nitrogens is 1. The van der Waals surface area contributed by atoms with Crippen molar-refractivity contribution in [3.8, 4) is 5.75 Å². The van der Waals surface area contributed by atoms with Gasteiger partial charge in [0.2, 0.25) is 5.43 Å². The molecule has 2 aromatic carbocycles. The van der Waals surface area contributed by atoms with Gasteiger partial charge in [-0.05, 0) is 19.4 Å². The SMILES string of the molecule is C=CC(C)Nn1cc(C(=O)NCc2c(F)cc(F)cc2F)c(=O)c(OCc2ccccc2)c1C(=O)N[C@@H](C)C=C. The highest BCUT2D eigenvalue weighted by atomic mass is 19.1. The Morgan fingerprint density at radius 2 is 1.62 bits per heavy atom. The van der Waals surface area contributed by atoms with E-state index in [-0.39, 0.29) is 12.3 Å². The molecule has 1 heterocycles. The molecule has 3 N–H and O–H groups in total. The van der Waals surface area contributed by atoms with Crippen LogP contribution < -0.4 is 26.2 Å². The molecule has 0 saturated heterocycles. The molecule has 2 atom stereocenters. The molecule has 0 aliphatic carbocycles. The van der Waals surface area contributed by atoms with Crippen molar-refractivity contribution in [3.05, 3.63) is 124 Å². The maximum atomic E-state index is 14.1. The molecule has 0 radical (unpaired) electrons. The second-order valence-electron chi connectivity index (χ2n) is 8.88. The fourth-order valence-corrected chi connectivity index (χ4v) is 3.54. The summed E-state index contributed by atoms with van der Waals surface area (Å²) in [6.07, 6.45) is 4.09. The van der Waals surface area contributed by atoms with Gasteiger partial charge in [0.25, 0.3) is 11.8 Å². The monoisotopic (exact) mass is 554 g/mol. The Morgan fingerprint density at radius 1 is 1.00 bits per heavy atom. The van der Waals surface area contributed by atoms with Crippen molar-refractivity contribution >= 4 is 11.8 Å². The average molecular weight is 555 g/mol. The van der Waals surface area contributed by atoms with Crippen LogP contribution in [-0.4, -0.2) is 28.6 Å². The number of nitrogens with zero attached hydrogens (tertiary/aromatic N) is 1. The van der Waals surface area contributed by atoms with E-state index in [0.717, 1.165) is 10.9 Å². The van der Waals surface area contributed by atoms with Crippen molar-refractivity contribution in [2.45, 2.75) is 39.1 Å². The number of nitrogens with one attached hydrogen (secondary N) is 3. The number of ether oxygens (including phenoxy) is 1.